The molecule has 100 valence electrons. The highest BCUT2D eigenvalue weighted by Crippen LogP contribution is 2.26. The first kappa shape index (κ1) is 13.4. The molecule has 2 N–H and O–H groups in total. The van der Waals surface area contributed by atoms with Gasteiger partial charge in [0.2, 0.25) is 0 Å². The van der Waals surface area contributed by atoms with Gasteiger partial charge in [0.1, 0.15) is 11.5 Å². The molecule has 0 saturated carbocycles. The average molecular weight is 258 g/mol. The third-order valence-corrected chi connectivity index (χ3v) is 2.83. The molecule has 0 bridgehead atoms. The maximum absolute atomic E-state index is 5.75. The standard InChI is InChI=1S/C15H18N2O2/c1-3-19-15-10-17-14(8-12(15)9-16)11-5-4-6-13(7-11)18-2/h4-8,10H,3,9,16H2,1-2H3. The van der Waals surface area contributed by atoms with Crippen molar-refractivity contribution in [1.29, 1.82) is 0 Å². The van der Waals surface area contributed by atoms with Gasteiger partial charge in [-0.15, -0.1) is 0 Å². The second-order valence-electron chi connectivity index (χ2n) is 4.05. The van der Waals surface area contributed by atoms with E-state index in [2.05, 4.69) is 4.98 Å². The molecule has 1 aromatic heterocycles. The Bertz CT molecular complexity index is 556. The summed E-state index contributed by atoms with van der Waals surface area (Å²) in [7, 11) is 1.65. The Morgan fingerprint density at radius 3 is 2.79 bits per heavy atom. The van der Waals surface area contributed by atoms with Crippen LogP contribution in [0.5, 0.6) is 11.5 Å². The van der Waals surface area contributed by atoms with E-state index < -0.39 is 0 Å². The predicted octanol–water partition coefficient (Wildman–Crippen LogP) is 2.61. The number of hydrogen-bond acceptors (Lipinski definition) is 4. The van der Waals surface area contributed by atoms with Crippen LogP contribution in [-0.2, 0) is 6.54 Å². The molecule has 1 aromatic carbocycles. The van der Waals surface area contributed by atoms with Gasteiger partial charge in [-0.1, -0.05) is 12.1 Å². The van der Waals surface area contributed by atoms with Crippen LogP contribution in [0.25, 0.3) is 11.3 Å². The smallest absolute Gasteiger partial charge is 0.142 e. The van der Waals surface area contributed by atoms with Crippen LogP contribution in [0, 0.1) is 0 Å². The van der Waals surface area contributed by atoms with E-state index in [4.69, 9.17) is 15.2 Å². The molecular weight excluding hydrogens is 240 g/mol. The molecule has 2 rings (SSSR count). The number of aromatic nitrogens is 1. The minimum atomic E-state index is 0.425. The second-order valence-corrected chi connectivity index (χ2v) is 4.05. The number of benzene rings is 1. The summed E-state index contributed by atoms with van der Waals surface area (Å²) >= 11 is 0. The SMILES string of the molecule is CCOc1cnc(-c2cccc(OC)c2)cc1CN. The average Bonchev–Trinajstić information content (AvgIpc) is 2.48. The molecule has 1 heterocycles. The van der Waals surface area contributed by atoms with Gasteiger partial charge < -0.3 is 15.2 Å². The molecule has 0 aliphatic carbocycles. The summed E-state index contributed by atoms with van der Waals surface area (Å²) in [4.78, 5) is 4.42. The van der Waals surface area contributed by atoms with Crippen molar-refractivity contribution < 1.29 is 9.47 Å². The van der Waals surface area contributed by atoms with Gasteiger partial charge in [-0.2, -0.15) is 0 Å². The van der Waals surface area contributed by atoms with Gasteiger partial charge in [0.15, 0.2) is 0 Å². The zero-order valence-corrected chi connectivity index (χ0v) is 11.2. The molecule has 0 spiro atoms. The zero-order valence-electron chi connectivity index (χ0n) is 11.2. The van der Waals surface area contributed by atoms with Gasteiger partial charge >= 0.3 is 0 Å². The van der Waals surface area contributed by atoms with Crippen molar-refractivity contribution >= 4 is 0 Å². The van der Waals surface area contributed by atoms with E-state index in [-0.39, 0.29) is 0 Å². The van der Waals surface area contributed by atoms with E-state index in [1.807, 2.05) is 37.3 Å². The first-order chi connectivity index (χ1) is 9.28. The van der Waals surface area contributed by atoms with E-state index in [0.29, 0.717) is 13.2 Å². The highest BCUT2D eigenvalue weighted by Gasteiger charge is 2.07. The van der Waals surface area contributed by atoms with E-state index in [1.54, 1.807) is 13.3 Å². The number of ether oxygens (including phenoxy) is 2. The summed E-state index contributed by atoms with van der Waals surface area (Å²) in [5.41, 5.74) is 8.57. The topological polar surface area (TPSA) is 57.4 Å². The Morgan fingerprint density at radius 2 is 2.11 bits per heavy atom. The monoisotopic (exact) mass is 258 g/mol. The second kappa shape index (κ2) is 6.20. The normalized spacial score (nSPS) is 10.3. The van der Waals surface area contributed by atoms with Crippen molar-refractivity contribution in [2.24, 2.45) is 5.73 Å². The van der Waals surface area contributed by atoms with Crippen LogP contribution in [0.15, 0.2) is 36.5 Å². The maximum Gasteiger partial charge on any atom is 0.142 e. The maximum atomic E-state index is 5.75. The number of nitrogens with zero attached hydrogens (tertiary/aromatic N) is 1. The minimum Gasteiger partial charge on any atom is -0.497 e. The summed E-state index contributed by atoms with van der Waals surface area (Å²) in [6.07, 6.45) is 1.72. The van der Waals surface area contributed by atoms with E-state index in [0.717, 1.165) is 28.3 Å². The van der Waals surface area contributed by atoms with Crippen LogP contribution in [0.2, 0.25) is 0 Å². The van der Waals surface area contributed by atoms with Crippen molar-refractivity contribution in [3.8, 4) is 22.8 Å². The largest absolute Gasteiger partial charge is 0.497 e. The molecule has 0 atom stereocenters. The summed E-state index contributed by atoms with van der Waals surface area (Å²) in [5, 5.41) is 0. The summed E-state index contributed by atoms with van der Waals surface area (Å²) in [6, 6.07) is 9.74. The number of pyridine rings is 1. The minimum absolute atomic E-state index is 0.425. The fraction of sp³-hybridized carbons (Fsp3) is 0.267. The van der Waals surface area contributed by atoms with E-state index in [9.17, 15) is 0 Å². The lowest BCUT2D eigenvalue weighted by Crippen LogP contribution is -2.03. The first-order valence-corrected chi connectivity index (χ1v) is 6.24. The summed E-state index contributed by atoms with van der Waals surface area (Å²) in [6.45, 7) is 2.97. The fourth-order valence-electron chi connectivity index (χ4n) is 1.87. The number of rotatable bonds is 5. The van der Waals surface area contributed by atoms with Crippen LogP contribution in [0.3, 0.4) is 0 Å². The fourth-order valence-corrected chi connectivity index (χ4v) is 1.87. The zero-order chi connectivity index (χ0) is 13.7. The molecule has 0 radical (unpaired) electrons. The Balaban J connectivity index is 2.39. The van der Waals surface area contributed by atoms with E-state index >= 15 is 0 Å². The van der Waals surface area contributed by atoms with Crippen molar-refractivity contribution in [1.82, 2.24) is 4.98 Å². The third-order valence-electron chi connectivity index (χ3n) is 2.83. The molecule has 0 amide bonds. The van der Waals surface area contributed by atoms with Crippen LogP contribution >= 0.6 is 0 Å². The van der Waals surface area contributed by atoms with Gasteiger partial charge in [0, 0.05) is 17.7 Å². The number of nitrogens with two attached hydrogens (primary N) is 1. The Labute approximate surface area is 113 Å². The number of methoxy groups -OCH3 is 1. The van der Waals surface area contributed by atoms with Crippen molar-refractivity contribution in [3.63, 3.8) is 0 Å². The highest BCUT2D eigenvalue weighted by atomic mass is 16.5. The molecule has 19 heavy (non-hydrogen) atoms. The molecular formula is C15H18N2O2. The molecule has 4 heteroatoms. The lowest BCUT2D eigenvalue weighted by molar-refractivity contribution is 0.335. The third kappa shape index (κ3) is 3.03. The lowest BCUT2D eigenvalue weighted by Gasteiger charge is -2.10. The van der Waals surface area contributed by atoms with Crippen LogP contribution in [0.4, 0.5) is 0 Å². The van der Waals surface area contributed by atoms with Crippen molar-refractivity contribution in [3.05, 3.63) is 42.1 Å². The summed E-state index contributed by atoms with van der Waals surface area (Å²) < 4.78 is 10.7. The molecule has 2 aromatic rings. The Morgan fingerprint density at radius 1 is 1.26 bits per heavy atom. The van der Waals surface area contributed by atoms with Crippen LogP contribution < -0.4 is 15.2 Å². The van der Waals surface area contributed by atoms with Crippen molar-refractivity contribution in [2.75, 3.05) is 13.7 Å². The Hall–Kier alpha value is -2.07. The van der Waals surface area contributed by atoms with Gasteiger partial charge in [-0.3, -0.25) is 4.98 Å². The summed E-state index contributed by atoms with van der Waals surface area (Å²) in [5.74, 6) is 1.55. The van der Waals surface area contributed by atoms with Gasteiger partial charge in [0.05, 0.1) is 25.6 Å². The molecule has 0 fully saturated rings. The van der Waals surface area contributed by atoms with Gasteiger partial charge in [0.25, 0.3) is 0 Å². The number of hydrogen-bond donors (Lipinski definition) is 1. The van der Waals surface area contributed by atoms with Crippen LogP contribution in [-0.4, -0.2) is 18.7 Å². The van der Waals surface area contributed by atoms with Crippen LogP contribution in [0.1, 0.15) is 12.5 Å². The van der Waals surface area contributed by atoms with Crippen molar-refractivity contribution in [2.45, 2.75) is 13.5 Å². The molecule has 0 saturated heterocycles. The Kier molecular flexibility index (Phi) is 4.36. The first-order valence-electron chi connectivity index (χ1n) is 6.24. The molecule has 0 aliphatic heterocycles. The molecule has 4 nitrogen and oxygen atoms in total. The highest BCUT2D eigenvalue weighted by molar-refractivity contribution is 5.62. The van der Waals surface area contributed by atoms with E-state index in [1.165, 1.54) is 0 Å². The molecule has 0 unspecified atom stereocenters. The molecule has 0 aliphatic rings. The van der Waals surface area contributed by atoms with Gasteiger partial charge in [-0.25, -0.2) is 0 Å². The quantitative estimate of drug-likeness (QED) is 0.895. The lowest BCUT2D eigenvalue weighted by atomic mass is 10.1. The van der Waals surface area contributed by atoms with Gasteiger partial charge in [-0.05, 0) is 25.1 Å². The predicted molar refractivity (Wildman–Crippen MR) is 75.3 cm³/mol.